The Hall–Kier alpha value is -2.02. The van der Waals surface area contributed by atoms with Gasteiger partial charge in [0.25, 0.3) is 5.91 Å². The Morgan fingerprint density at radius 3 is 2.84 bits per heavy atom. The maximum absolute atomic E-state index is 12.4. The molecule has 0 saturated heterocycles. The summed E-state index contributed by atoms with van der Waals surface area (Å²) in [5.41, 5.74) is 0.274. The molecule has 1 atom stereocenters. The summed E-state index contributed by atoms with van der Waals surface area (Å²) in [5, 5.41) is 11.8. The van der Waals surface area contributed by atoms with Crippen LogP contribution in [0.2, 0.25) is 0 Å². The number of carbonyl (C=O) groups is 1. The molecule has 7 heteroatoms. The zero-order chi connectivity index (χ0) is 13.7. The number of methoxy groups -OCH3 is 1. The minimum absolute atomic E-state index is 0.0333. The quantitative estimate of drug-likeness (QED) is 0.763. The average Bonchev–Trinajstić information content (AvgIpc) is 2.70. The zero-order valence-corrected chi connectivity index (χ0v) is 10.8. The molecule has 0 fully saturated rings. The normalized spacial score (nSPS) is 20.8. The van der Waals surface area contributed by atoms with Crippen LogP contribution in [0.15, 0.2) is 10.9 Å². The first-order valence-electron chi connectivity index (χ1n) is 6.15. The van der Waals surface area contributed by atoms with Gasteiger partial charge in [0.1, 0.15) is 12.8 Å². The molecule has 0 aromatic carbocycles. The van der Waals surface area contributed by atoms with Gasteiger partial charge in [0.15, 0.2) is 11.4 Å². The van der Waals surface area contributed by atoms with Crippen molar-refractivity contribution in [2.45, 2.75) is 13.0 Å². The van der Waals surface area contributed by atoms with Crippen LogP contribution in [0.5, 0.6) is 5.75 Å². The lowest BCUT2D eigenvalue weighted by Crippen LogP contribution is -2.52. The molecule has 0 bridgehead atoms. The number of nitrogens with zero attached hydrogens (tertiary/aromatic N) is 3. The number of amides is 1. The molecule has 1 amide bonds. The van der Waals surface area contributed by atoms with E-state index < -0.39 is 6.10 Å². The van der Waals surface area contributed by atoms with Crippen molar-refractivity contribution in [3.05, 3.63) is 27.7 Å². The summed E-state index contributed by atoms with van der Waals surface area (Å²) in [5.74, 6) is -0.213. The molecule has 0 aliphatic carbocycles. The monoisotopic (exact) mass is 265 g/mol. The van der Waals surface area contributed by atoms with Crippen molar-refractivity contribution in [2.75, 3.05) is 31.9 Å². The second kappa shape index (κ2) is 3.99. The fraction of sp³-hybridized carbons (Fsp3) is 0.500. The second-order valence-corrected chi connectivity index (χ2v) is 4.63. The number of rotatable bonds is 2. The number of pyridine rings is 1. The summed E-state index contributed by atoms with van der Waals surface area (Å²) in [7, 11) is 1.37. The van der Waals surface area contributed by atoms with Crippen LogP contribution in [0.4, 0.5) is 0 Å². The van der Waals surface area contributed by atoms with E-state index in [0.29, 0.717) is 25.5 Å². The van der Waals surface area contributed by atoms with Gasteiger partial charge in [-0.25, -0.2) is 4.68 Å². The predicted octanol–water partition coefficient (Wildman–Crippen LogP) is -0.725. The van der Waals surface area contributed by atoms with Gasteiger partial charge in [-0.15, -0.1) is 0 Å². The van der Waals surface area contributed by atoms with E-state index in [1.807, 2.05) is 11.9 Å². The first-order chi connectivity index (χ1) is 9.08. The molecule has 1 unspecified atom stereocenters. The fourth-order valence-corrected chi connectivity index (χ4v) is 2.68. The lowest BCUT2D eigenvalue weighted by Gasteiger charge is -2.36. The van der Waals surface area contributed by atoms with E-state index in [9.17, 15) is 14.7 Å². The van der Waals surface area contributed by atoms with Crippen LogP contribution >= 0.6 is 0 Å². The van der Waals surface area contributed by atoms with E-state index in [4.69, 9.17) is 4.74 Å². The van der Waals surface area contributed by atoms with E-state index in [0.717, 1.165) is 0 Å². The van der Waals surface area contributed by atoms with Crippen LogP contribution in [-0.4, -0.2) is 47.5 Å². The first kappa shape index (κ1) is 12.0. The van der Waals surface area contributed by atoms with Gasteiger partial charge in [0, 0.05) is 12.6 Å². The molecule has 7 nitrogen and oxygen atoms in total. The van der Waals surface area contributed by atoms with E-state index in [1.54, 1.807) is 9.58 Å². The maximum atomic E-state index is 12.4. The predicted molar refractivity (Wildman–Crippen MR) is 66.9 cm³/mol. The summed E-state index contributed by atoms with van der Waals surface area (Å²) < 4.78 is 6.69. The van der Waals surface area contributed by atoms with E-state index in [-0.39, 0.29) is 22.8 Å². The highest BCUT2D eigenvalue weighted by Gasteiger charge is 2.39. The van der Waals surface area contributed by atoms with Gasteiger partial charge in [-0.3, -0.25) is 14.6 Å². The lowest BCUT2D eigenvalue weighted by atomic mass is 10.2. The molecule has 1 aromatic rings. The molecule has 1 N–H and O–H groups in total. The smallest absolute Gasteiger partial charge is 0.277 e. The Balaban J connectivity index is 2.31. The molecule has 0 spiro atoms. The van der Waals surface area contributed by atoms with E-state index in [1.165, 1.54) is 13.2 Å². The molecule has 0 saturated carbocycles. The number of hydrogen-bond acceptors (Lipinski definition) is 5. The molecule has 2 aliphatic heterocycles. The molecule has 2 aliphatic rings. The van der Waals surface area contributed by atoms with Gasteiger partial charge in [0.2, 0.25) is 5.43 Å². The van der Waals surface area contributed by atoms with Gasteiger partial charge < -0.3 is 14.7 Å². The Labute approximate surface area is 109 Å². The van der Waals surface area contributed by atoms with Crippen molar-refractivity contribution in [3.63, 3.8) is 0 Å². The Bertz CT molecular complexity index is 610. The van der Waals surface area contributed by atoms with E-state index >= 15 is 0 Å². The number of hydrogen-bond donors (Lipinski definition) is 1. The van der Waals surface area contributed by atoms with Crippen molar-refractivity contribution in [1.82, 2.24) is 9.58 Å². The van der Waals surface area contributed by atoms with Crippen molar-refractivity contribution in [3.8, 4) is 5.75 Å². The van der Waals surface area contributed by atoms with Crippen LogP contribution in [0.3, 0.4) is 0 Å². The van der Waals surface area contributed by atoms with Gasteiger partial charge in [-0.2, -0.15) is 0 Å². The van der Waals surface area contributed by atoms with Gasteiger partial charge in [-0.05, 0) is 6.92 Å². The van der Waals surface area contributed by atoms with Crippen LogP contribution in [0, 0.1) is 0 Å². The van der Waals surface area contributed by atoms with Gasteiger partial charge >= 0.3 is 0 Å². The first-order valence-corrected chi connectivity index (χ1v) is 6.15. The van der Waals surface area contributed by atoms with Crippen LogP contribution in [-0.2, 0) is 0 Å². The Morgan fingerprint density at radius 2 is 2.21 bits per heavy atom. The van der Waals surface area contributed by atoms with Crippen molar-refractivity contribution >= 4 is 5.91 Å². The number of aromatic nitrogens is 1. The topological polar surface area (TPSA) is 75.0 Å². The van der Waals surface area contributed by atoms with Crippen LogP contribution < -0.4 is 15.2 Å². The lowest BCUT2D eigenvalue weighted by molar-refractivity contribution is 0.0701. The van der Waals surface area contributed by atoms with Gasteiger partial charge in [-0.1, -0.05) is 0 Å². The number of carbonyl (C=O) groups excluding carboxylic acids is 1. The molecule has 19 heavy (non-hydrogen) atoms. The minimum Gasteiger partial charge on any atom is -0.491 e. The second-order valence-electron chi connectivity index (χ2n) is 4.63. The van der Waals surface area contributed by atoms with Crippen LogP contribution in [0.1, 0.15) is 29.2 Å². The van der Waals surface area contributed by atoms with Crippen molar-refractivity contribution < 1.29 is 14.6 Å². The molecular formula is C12H15N3O4. The molecule has 102 valence electrons. The summed E-state index contributed by atoms with van der Waals surface area (Å²) in [4.78, 5) is 26.0. The minimum atomic E-state index is -0.762. The molecule has 3 heterocycles. The molecule has 3 rings (SSSR count). The van der Waals surface area contributed by atoms with Gasteiger partial charge in [0.05, 0.1) is 19.3 Å². The van der Waals surface area contributed by atoms with Crippen molar-refractivity contribution in [1.29, 1.82) is 0 Å². The largest absolute Gasteiger partial charge is 0.491 e. The SMILES string of the molecule is CCN1CN2CC(O)c3cc(=O)c(OC)c(n32)C1=O. The summed E-state index contributed by atoms with van der Waals surface area (Å²) in [6.07, 6.45) is -0.762. The molecular weight excluding hydrogens is 250 g/mol. The Morgan fingerprint density at radius 1 is 1.47 bits per heavy atom. The number of aliphatic hydroxyl groups excluding tert-OH is 1. The summed E-state index contributed by atoms with van der Waals surface area (Å²) in [6, 6.07) is 1.34. The maximum Gasteiger partial charge on any atom is 0.277 e. The highest BCUT2D eigenvalue weighted by molar-refractivity contribution is 5.96. The fourth-order valence-electron chi connectivity index (χ4n) is 2.68. The number of aliphatic hydroxyl groups is 1. The third-order valence-electron chi connectivity index (χ3n) is 3.59. The standard InChI is InChI=1S/C12H15N3O4/c1-3-13-6-14-5-9(17)7-4-8(16)11(19-2)10(12(13)18)15(7)14/h4,9,17H,3,5-6H2,1-2H3. The van der Waals surface area contributed by atoms with E-state index in [2.05, 4.69) is 0 Å². The third-order valence-corrected chi connectivity index (χ3v) is 3.59. The highest BCUT2D eigenvalue weighted by Crippen LogP contribution is 2.30. The molecule has 0 radical (unpaired) electrons. The zero-order valence-electron chi connectivity index (χ0n) is 10.8. The van der Waals surface area contributed by atoms with Crippen molar-refractivity contribution in [2.24, 2.45) is 0 Å². The number of ether oxygens (including phenoxy) is 1. The highest BCUT2D eigenvalue weighted by atomic mass is 16.5. The third kappa shape index (κ3) is 1.48. The molecule has 1 aromatic heterocycles. The summed E-state index contributed by atoms with van der Waals surface area (Å²) in [6.45, 7) is 3.17. The average molecular weight is 265 g/mol. The summed E-state index contributed by atoms with van der Waals surface area (Å²) >= 11 is 0. The van der Waals surface area contributed by atoms with Crippen LogP contribution in [0.25, 0.3) is 0 Å². The Kier molecular flexibility index (Phi) is 2.53.